The zero-order valence-electron chi connectivity index (χ0n) is 36.3. The lowest BCUT2D eigenvalue weighted by atomic mass is 9.95. The van der Waals surface area contributed by atoms with E-state index >= 15 is 0 Å². The molecule has 0 fully saturated rings. The van der Waals surface area contributed by atoms with Crippen LogP contribution in [0, 0.1) is 34.0 Å². The van der Waals surface area contributed by atoms with Crippen LogP contribution in [-0.4, -0.2) is 19.1 Å². The molecule has 314 valence electrons. The highest BCUT2D eigenvalue weighted by atomic mass is 15.0. The second kappa shape index (κ2) is 16.3. The van der Waals surface area contributed by atoms with Crippen molar-refractivity contribution in [2.24, 2.45) is 0 Å². The van der Waals surface area contributed by atoms with Gasteiger partial charge in [-0.25, -0.2) is 9.97 Å². The van der Waals surface area contributed by atoms with Crippen molar-refractivity contribution in [3.8, 4) is 85.7 Å². The molecule has 0 N–H and O–H groups in total. The molecule has 9 aromatic carbocycles. The highest BCUT2D eigenvalue weighted by Crippen LogP contribution is 2.38. The predicted octanol–water partition coefficient (Wildman–Crippen LogP) is 14.6. The molecule has 12 aromatic rings. The second-order valence-corrected chi connectivity index (χ2v) is 16.8. The highest BCUT2D eigenvalue weighted by molar-refractivity contribution is 6.12. The molecule has 0 saturated heterocycles. The van der Waals surface area contributed by atoms with E-state index in [2.05, 4.69) is 167 Å². The van der Waals surface area contributed by atoms with Gasteiger partial charge in [-0.3, -0.25) is 0 Å². The Labute approximate surface area is 391 Å². The van der Waals surface area contributed by atoms with Crippen LogP contribution in [0.3, 0.4) is 0 Å². The van der Waals surface area contributed by atoms with Crippen molar-refractivity contribution < 1.29 is 0 Å². The minimum absolute atomic E-state index is 0.434. The summed E-state index contributed by atoms with van der Waals surface area (Å²) in [5.74, 6) is 0.434. The average Bonchev–Trinajstić information content (AvgIpc) is 3.93. The summed E-state index contributed by atoms with van der Waals surface area (Å²) in [6.45, 7) is 0. The van der Waals surface area contributed by atoms with Crippen molar-refractivity contribution >= 4 is 43.6 Å². The zero-order valence-corrected chi connectivity index (χ0v) is 36.3. The molecule has 7 nitrogen and oxygen atoms in total. The number of para-hydroxylation sites is 3. The second-order valence-electron chi connectivity index (χ2n) is 16.8. The smallest absolute Gasteiger partial charge is 0.160 e. The Morgan fingerprint density at radius 2 is 0.794 bits per heavy atom. The van der Waals surface area contributed by atoms with Gasteiger partial charge in [0.2, 0.25) is 0 Å². The first-order valence-electron chi connectivity index (χ1n) is 22.2. The lowest BCUT2D eigenvalue weighted by molar-refractivity contribution is 1.17. The Kier molecular flexibility index (Phi) is 9.51. The summed E-state index contributed by atoms with van der Waals surface area (Å²) in [6.07, 6.45) is 0. The Balaban J connectivity index is 0.859. The Morgan fingerprint density at radius 1 is 0.324 bits per heavy atom. The molecule has 12 rings (SSSR count). The van der Waals surface area contributed by atoms with Crippen molar-refractivity contribution in [3.63, 3.8) is 0 Å². The fourth-order valence-corrected chi connectivity index (χ4v) is 9.62. The van der Waals surface area contributed by atoms with E-state index in [9.17, 15) is 15.8 Å². The van der Waals surface area contributed by atoms with Gasteiger partial charge in [0.1, 0.15) is 0 Å². The number of aromatic nitrogens is 4. The minimum Gasteiger partial charge on any atom is -0.309 e. The van der Waals surface area contributed by atoms with E-state index in [4.69, 9.17) is 9.97 Å². The molecule has 68 heavy (non-hydrogen) atoms. The maximum Gasteiger partial charge on any atom is 0.160 e. The number of nitrogens with zero attached hydrogens (tertiary/aromatic N) is 7. The number of benzene rings is 9. The largest absolute Gasteiger partial charge is 0.309 e. The maximum absolute atomic E-state index is 10.5. The van der Waals surface area contributed by atoms with Crippen molar-refractivity contribution in [2.75, 3.05) is 0 Å². The van der Waals surface area contributed by atoms with E-state index in [1.807, 2.05) is 42.5 Å². The van der Waals surface area contributed by atoms with Gasteiger partial charge >= 0.3 is 0 Å². The van der Waals surface area contributed by atoms with Crippen molar-refractivity contribution in [2.45, 2.75) is 0 Å². The minimum atomic E-state index is 0.434. The molecule has 7 heteroatoms. The van der Waals surface area contributed by atoms with Crippen LogP contribution in [0.5, 0.6) is 0 Å². The number of hydrogen-bond acceptors (Lipinski definition) is 5. The summed E-state index contributed by atoms with van der Waals surface area (Å²) in [6, 6.07) is 78.6. The van der Waals surface area contributed by atoms with Gasteiger partial charge in [-0.05, 0) is 107 Å². The average molecular weight is 866 g/mol. The molecule has 0 aliphatic heterocycles. The van der Waals surface area contributed by atoms with Crippen LogP contribution in [0.15, 0.2) is 212 Å². The van der Waals surface area contributed by atoms with E-state index in [1.54, 1.807) is 30.3 Å². The van der Waals surface area contributed by atoms with Crippen LogP contribution < -0.4 is 0 Å². The Morgan fingerprint density at radius 3 is 1.40 bits per heavy atom. The number of fused-ring (bicyclic) bond motifs is 6. The standard InChI is InChI=1S/C61H35N7/c62-36-39-9-7-11-44(31-39)55-35-56(66-61(65-55)46-12-8-10-40(32-46)37-63)45-25-29-50(47(33-45)38-64)43-21-19-41(20-22-43)42-23-26-48(27-24-42)67-59-18-6-3-15-53(59)54-34-49(28-30-60(54)67)68-57-16-4-1-13-51(57)52-14-2-5-17-58(52)68/h1-35H. The molecule has 0 aliphatic carbocycles. The molecule has 3 aromatic heterocycles. The van der Waals surface area contributed by atoms with Gasteiger partial charge in [-0.2, -0.15) is 15.8 Å². The zero-order chi connectivity index (χ0) is 45.7. The monoisotopic (exact) mass is 865 g/mol. The third-order valence-electron chi connectivity index (χ3n) is 12.8. The van der Waals surface area contributed by atoms with Gasteiger partial charge < -0.3 is 9.13 Å². The van der Waals surface area contributed by atoms with Gasteiger partial charge in [0.05, 0.1) is 68.4 Å². The summed E-state index contributed by atoms with van der Waals surface area (Å²) in [7, 11) is 0. The van der Waals surface area contributed by atoms with E-state index in [-0.39, 0.29) is 0 Å². The molecular formula is C61H35N7. The summed E-state index contributed by atoms with van der Waals surface area (Å²) in [5, 5.41) is 34.6. The van der Waals surface area contributed by atoms with Crippen molar-refractivity contribution in [1.82, 2.24) is 19.1 Å². The molecule has 0 radical (unpaired) electrons. The fraction of sp³-hybridized carbons (Fsp3) is 0. The molecule has 0 aliphatic rings. The van der Waals surface area contributed by atoms with Gasteiger partial charge in [0.15, 0.2) is 5.82 Å². The SMILES string of the molecule is N#Cc1cccc(-c2cc(-c3ccc(-c4ccc(-c5ccc(-n6c7ccccc7c7cc(-n8c9ccccc9c9ccccc98)ccc76)cc5)cc4)c(C#N)c3)nc(-c3cccc(C#N)c3)n2)c1. The van der Waals surface area contributed by atoms with E-state index < -0.39 is 0 Å². The summed E-state index contributed by atoms with van der Waals surface area (Å²) in [4.78, 5) is 9.79. The number of hydrogen-bond donors (Lipinski definition) is 0. The van der Waals surface area contributed by atoms with Crippen LogP contribution in [0.2, 0.25) is 0 Å². The molecule has 0 amide bonds. The molecule has 0 atom stereocenters. The fourth-order valence-electron chi connectivity index (χ4n) is 9.62. The van der Waals surface area contributed by atoms with Crippen LogP contribution in [0.4, 0.5) is 0 Å². The molecule has 3 heterocycles. The third-order valence-corrected chi connectivity index (χ3v) is 12.8. The lowest BCUT2D eigenvalue weighted by Gasteiger charge is -2.12. The lowest BCUT2D eigenvalue weighted by Crippen LogP contribution is -1.97. The summed E-state index contributed by atoms with van der Waals surface area (Å²) in [5.41, 5.74) is 15.7. The van der Waals surface area contributed by atoms with E-state index in [0.717, 1.165) is 55.8 Å². The van der Waals surface area contributed by atoms with Crippen LogP contribution >= 0.6 is 0 Å². The van der Waals surface area contributed by atoms with Gasteiger partial charge in [0.25, 0.3) is 0 Å². The van der Waals surface area contributed by atoms with E-state index in [1.165, 1.54) is 32.6 Å². The topological polar surface area (TPSA) is 107 Å². The number of rotatable bonds is 7. The van der Waals surface area contributed by atoms with Gasteiger partial charge in [-0.15, -0.1) is 0 Å². The maximum atomic E-state index is 10.5. The van der Waals surface area contributed by atoms with E-state index in [0.29, 0.717) is 39.5 Å². The quantitative estimate of drug-likeness (QED) is 0.159. The highest BCUT2D eigenvalue weighted by Gasteiger charge is 2.18. The van der Waals surface area contributed by atoms with Crippen molar-refractivity contribution in [1.29, 1.82) is 15.8 Å². The first-order chi connectivity index (χ1) is 33.5. The summed E-state index contributed by atoms with van der Waals surface area (Å²) < 4.78 is 4.72. The molecule has 0 saturated carbocycles. The summed E-state index contributed by atoms with van der Waals surface area (Å²) >= 11 is 0. The van der Waals surface area contributed by atoms with Gasteiger partial charge in [-0.1, -0.05) is 127 Å². The first kappa shape index (κ1) is 39.7. The Bertz CT molecular complexity index is 3990. The van der Waals surface area contributed by atoms with Crippen molar-refractivity contribution in [3.05, 3.63) is 229 Å². The van der Waals surface area contributed by atoms with Crippen LogP contribution in [-0.2, 0) is 0 Å². The third kappa shape index (κ3) is 6.74. The molecule has 0 spiro atoms. The molecule has 0 unspecified atom stereocenters. The van der Waals surface area contributed by atoms with Gasteiger partial charge in [0, 0.05) is 49.6 Å². The van der Waals surface area contributed by atoms with Crippen LogP contribution in [0.1, 0.15) is 16.7 Å². The Hall–Kier alpha value is -9.87. The van der Waals surface area contributed by atoms with Crippen LogP contribution in [0.25, 0.3) is 111 Å². The first-order valence-corrected chi connectivity index (χ1v) is 22.2. The predicted molar refractivity (Wildman–Crippen MR) is 272 cm³/mol. The number of nitriles is 3. The normalized spacial score (nSPS) is 11.2. The molecular weight excluding hydrogens is 831 g/mol. The molecule has 0 bridgehead atoms.